The van der Waals surface area contributed by atoms with Crippen LogP contribution in [0.2, 0.25) is 0 Å². The predicted molar refractivity (Wildman–Crippen MR) is 84.8 cm³/mol. The molecule has 0 saturated heterocycles. The number of nitrogens with zero attached hydrogens (tertiary/aromatic N) is 1. The standard InChI is InChI=1S/C14H21N3O5S/c1-17(2)13(14(18)15-6-7-16-23(3,19)20)10-4-5-11-12(8-10)22-9-21-11/h4-5,8,13,16H,6-7,9H2,1-3H3,(H,15,18)/t13-/m0/s1. The maximum absolute atomic E-state index is 12.4. The molecule has 1 atom stereocenters. The summed E-state index contributed by atoms with van der Waals surface area (Å²) >= 11 is 0. The number of benzene rings is 1. The largest absolute Gasteiger partial charge is 0.454 e. The molecule has 2 N–H and O–H groups in total. The van der Waals surface area contributed by atoms with E-state index in [1.165, 1.54) is 0 Å². The highest BCUT2D eigenvalue weighted by atomic mass is 32.2. The molecular formula is C14H21N3O5S. The second-order valence-corrected chi connectivity index (χ2v) is 7.27. The zero-order chi connectivity index (χ0) is 17.0. The Bertz CT molecular complexity index is 675. The van der Waals surface area contributed by atoms with Gasteiger partial charge in [0.25, 0.3) is 0 Å². The molecule has 0 unspecified atom stereocenters. The van der Waals surface area contributed by atoms with Gasteiger partial charge >= 0.3 is 0 Å². The lowest BCUT2D eigenvalue weighted by atomic mass is 10.0. The van der Waals surface area contributed by atoms with Gasteiger partial charge in [-0.25, -0.2) is 13.1 Å². The van der Waals surface area contributed by atoms with E-state index in [1.807, 2.05) is 6.07 Å². The van der Waals surface area contributed by atoms with Crippen LogP contribution in [0, 0.1) is 0 Å². The van der Waals surface area contributed by atoms with E-state index in [2.05, 4.69) is 10.0 Å². The van der Waals surface area contributed by atoms with Gasteiger partial charge in [-0.15, -0.1) is 0 Å². The minimum Gasteiger partial charge on any atom is -0.454 e. The van der Waals surface area contributed by atoms with Crippen molar-refractivity contribution < 1.29 is 22.7 Å². The number of nitrogens with one attached hydrogen (secondary N) is 2. The van der Waals surface area contributed by atoms with Gasteiger partial charge in [0.1, 0.15) is 6.04 Å². The third-order valence-electron chi connectivity index (χ3n) is 3.27. The molecule has 0 fully saturated rings. The summed E-state index contributed by atoms with van der Waals surface area (Å²) in [5.41, 5.74) is 0.771. The molecule has 1 heterocycles. The number of likely N-dealkylation sites (N-methyl/N-ethyl adjacent to an activating group) is 1. The third kappa shape index (κ3) is 4.81. The molecule has 1 amide bonds. The zero-order valence-corrected chi connectivity index (χ0v) is 14.1. The van der Waals surface area contributed by atoms with Crippen LogP contribution in [0.5, 0.6) is 11.5 Å². The summed E-state index contributed by atoms with van der Waals surface area (Å²) in [6.45, 7) is 0.529. The van der Waals surface area contributed by atoms with Crippen molar-refractivity contribution in [3.05, 3.63) is 23.8 Å². The molecule has 23 heavy (non-hydrogen) atoms. The maximum atomic E-state index is 12.4. The summed E-state index contributed by atoms with van der Waals surface area (Å²) in [6.07, 6.45) is 1.07. The molecule has 0 spiro atoms. The van der Waals surface area contributed by atoms with E-state index in [4.69, 9.17) is 9.47 Å². The summed E-state index contributed by atoms with van der Waals surface area (Å²) in [4.78, 5) is 14.2. The van der Waals surface area contributed by atoms with E-state index in [0.29, 0.717) is 11.5 Å². The first-order valence-electron chi connectivity index (χ1n) is 7.06. The number of carbonyl (C=O) groups excluding carboxylic acids is 1. The number of fused-ring (bicyclic) bond motifs is 1. The van der Waals surface area contributed by atoms with E-state index in [-0.39, 0.29) is 25.8 Å². The quantitative estimate of drug-likeness (QED) is 0.659. The molecule has 1 aromatic rings. The van der Waals surface area contributed by atoms with Crippen LogP contribution in [0.25, 0.3) is 0 Å². The molecule has 1 aliphatic rings. The van der Waals surface area contributed by atoms with Gasteiger partial charge in [0.2, 0.25) is 22.7 Å². The van der Waals surface area contributed by atoms with Crippen molar-refractivity contribution in [3.8, 4) is 11.5 Å². The number of sulfonamides is 1. The van der Waals surface area contributed by atoms with Gasteiger partial charge < -0.3 is 14.8 Å². The number of amides is 1. The number of ether oxygens (including phenoxy) is 2. The highest BCUT2D eigenvalue weighted by Crippen LogP contribution is 2.35. The van der Waals surface area contributed by atoms with E-state index >= 15 is 0 Å². The first kappa shape index (κ1) is 17.5. The Morgan fingerprint density at radius 3 is 2.61 bits per heavy atom. The number of rotatable bonds is 7. The lowest BCUT2D eigenvalue weighted by molar-refractivity contribution is -0.125. The molecule has 9 heteroatoms. The number of hydrogen-bond acceptors (Lipinski definition) is 6. The van der Waals surface area contributed by atoms with Gasteiger partial charge in [-0.2, -0.15) is 0 Å². The highest BCUT2D eigenvalue weighted by Gasteiger charge is 2.25. The number of hydrogen-bond donors (Lipinski definition) is 2. The fourth-order valence-corrected chi connectivity index (χ4v) is 2.76. The summed E-state index contributed by atoms with van der Waals surface area (Å²) in [6, 6.07) is 4.85. The lowest BCUT2D eigenvalue weighted by Gasteiger charge is -2.24. The average molecular weight is 343 g/mol. The van der Waals surface area contributed by atoms with Gasteiger partial charge in [-0.1, -0.05) is 6.07 Å². The van der Waals surface area contributed by atoms with Gasteiger partial charge in [-0.3, -0.25) is 9.69 Å². The van der Waals surface area contributed by atoms with Gasteiger partial charge in [0.15, 0.2) is 11.5 Å². The van der Waals surface area contributed by atoms with Crippen LogP contribution < -0.4 is 19.5 Å². The van der Waals surface area contributed by atoms with E-state index in [1.54, 1.807) is 31.1 Å². The molecule has 1 aromatic carbocycles. The highest BCUT2D eigenvalue weighted by molar-refractivity contribution is 7.88. The molecular weight excluding hydrogens is 322 g/mol. The van der Waals surface area contributed by atoms with Crippen LogP contribution in [0.4, 0.5) is 0 Å². The fourth-order valence-electron chi connectivity index (χ4n) is 2.29. The molecule has 1 aliphatic heterocycles. The van der Waals surface area contributed by atoms with E-state index < -0.39 is 16.1 Å². The molecule has 128 valence electrons. The van der Waals surface area contributed by atoms with Crippen LogP contribution in [-0.4, -0.2) is 59.5 Å². The molecule has 2 rings (SSSR count). The minimum atomic E-state index is -3.26. The molecule has 0 saturated carbocycles. The molecule has 0 radical (unpaired) electrons. The summed E-state index contributed by atoms with van der Waals surface area (Å²) in [7, 11) is 0.331. The zero-order valence-electron chi connectivity index (χ0n) is 13.3. The normalized spacial score (nSPS) is 14.8. The Kier molecular flexibility index (Phi) is 5.45. The van der Waals surface area contributed by atoms with Crippen LogP contribution in [0.15, 0.2) is 18.2 Å². The summed E-state index contributed by atoms with van der Waals surface area (Å²) in [5.74, 6) is 1.05. The summed E-state index contributed by atoms with van der Waals surface area (Å²) < 4.78 is 34.9. The second kappa shape index (κ2) is 7.16. The van der Waals surface area contributed by atoms with Gasteiger partial charge in [0.05, 0.1) is 6.26 Å². The van der Waals surface area contributed by atoms with Crippen molar-refractivity contribution in [2.24, 2.45) is 0 Å². The van der Waals surface area contributed by atoms with Crippen molar-refractivity contribution in [1.29, 1.82) is 0 Å². The Balaban J connectivity index is 2.02. The maximum Gasteiger partial charge on any atom is 0.241 e. The fraction of sp³-hybridized carbons (Fsp3) is 0.500. The van der Waals surface area contributed by atoms with Crippen molar-refractivity contribution in [3.63, 3.8) is 0 Å². The Hall–Kier alpha value is -1.84. The predicted octanol–water partition coefficient (Wildman–Crippen LogP) is -0.317. The van der Waals surface area contributed by atoms with Crippen LogP contribution in [-0.2, 0) is 14.8 Å². The molecule has 8 nitrogen and oxygen atoms in total. The van der Waals surface area contributed by atoms with Crippen LogP contribution in [0.1, 0.15) is 11.6 Å². The van der Waals surface area contributed by atoms with Crippen LogP contribution in [0.3, 0.4) is 0 Å². The van der Waals surface area contributed by atoms with Gasteiger partial charge in [-0.05, 0) is 31.8 Å². The van der Waals surface area contributed by atoms with Crippen molar-refractivity contribution in [2.75, 3.05) is 40.2 Å². The Morgan fingerprint density at radius 1 is 1.26 bits per heavy atom. The summed E-state index contributed by atoms with van der Waals surface area (Å²) in [5, 5.41) is 2.72. The van der Waals surface area contributed by atoms with E-state index in [9.17, 15) is 13.2 Å². The minimum absolute atomic E-state index is 0.145. The first-order valence-corrected chi connectivity index (χ1v) is 8.95. The van der Waals surface area contributed by atoms with E-state index in [0.717, 1.165) is 11.8 Å². The lowest BCUT2D eigenvalue weighted by Crippen LogP contribution is -2.40. The number of carbonyl (C=O) groups is 1. The molecule has 0 bridgehead atoms. The van der Waals surface area contributed by atoms with Crippen molar-refractivity contribution in [2.45, 2.75) is 6.04 Å². The SMILES string of the molecule is CN(C)[C@H](C(=O)NCCNS(C)(=O)=O)c1ccc2c(c1)OCO2. The molecule has 0 aromatic heterocycles. The smallest absolute Gasteiger partial charge is 0.241 e. The second-order valence-electron chi connectivity index (χ2n) is 5.44. The molecule has 0 aliphatic carbocycles. The average Bonchev–Trinajstić information content (AvgIpc) is 2.90. The topological polar surface area (TPSA) is 97.0 Å². The Morgan fingerprint density at radius 2 is 1.96 bits per heavy atom. The van der Waals surface area contributed by atoms with Crippen LogP contribution >= 0.6 is 0 Å². The third-order valence-corrected chi connectivity index (χ3v) is 3.99. The van der Waals surface area contributed by atoms with Gasteiger partial charge in [0, 0.05) is 13.1 Å². The first-order chi connectivity index (χ1) is 10.8. The monoisotopic (exact) mass is 343 g/mol. The van der Waals surface area contributed by atoms with Crippen molar-refractivity contribution >= 4 is 15.9 Å². The Labute approximate surface area is 135 Å². The van der Waals surface area contributed by atoms with Crippen molar-refractivity contribution in [1.82, 2.24) is 14.9 Å².